The van der Waals surface area contributed by atoms with E-state index in [1.54, 1.807) is 0 Å². The van der Waals surface area contributed by atoms with E-state index >= 15 is 0 Å². The smallest absolute Gasteiger partial charge is 0.310 e. The molecule has 1 atom stereocenters. The van der Waals surface area contributed by atoms with Crippen LogP contribution in [0.15, 0.2) is 24.3 Å². The summed E-state index contributed by atoms with van der Waals surface area (Å²) in [5.41, 5.74) is 0.971. The lowest BCUT2D eigenvalue weighted by Crippen LogP contribution is -2.21. The highest BCUT2D eigenvalue weighted by molar-refractivity contribution is 5.72. The van der Waals surface area contributed by atoms with E-state index < -0.39 is 0 Å². The summed E-state index contributed by atoms with van der Waals surface area (Å²) in [4.78, 5) is 11.3. The Kier molecular flexibility index (Phi) is 6.79. The Morgan fingerprint density at radius 3 is 2.58 bits per heavy atom. The van der Waals surface area contributed by atoms with Gasteiger partial charge in [0.15, 0.2) is 0 Å². The zero-order chi connectivity index (χ0) is 14.1. The molecule has 0 aliphatic carbocycles. The average Bonchev–Trinajstić information content (AvgIpc) is 2.45. The lowest BCUT2D eigenvalue weighted by Gasteiger charge is -2.12. The lowest BCUT2D eigenvalue weighted by molar-refractivity contribution is -0.144. The van der Waals surface area contributed by atoms with Gasteiger partial charge in [0, 0.05) is 12.2 Å². The Bertz CT molecular complexity index is 375. The van der Waals surface area contributed by atoms with Gasteiger partial charge < -0.3 is 14.8 Å². The van der Waals surface area contributed by atoms with Crippen LogP contribution in [0.4, 0.5) is 5.69 Å². The Hall–Kier alpha value is -1.71. The van der Waals surface area contributed by atoms with Gasteiger partial charge in [-0.2, -0.15) is 0 Å². The molecule has 0 spiro atoms. The highest BCUT2D eigenvalue weighted by Gasteiger charge is 2.12. The second kappa shape index (κ2) is 8.40. The number of rotatable bonds is 8. The number of hydrogen-bond donors (Lipinski definition) is 1. The first-order valence-corrected chi connectivity index (χ1v) is 6.72. The number of unbranched alkanes of at least 4 members (excludes halogenated alkanes) is 1. The molecule has 0 aromatic heterocycles. The van der Waals surface area contributed by atoms with E-state index in [1.807, 2.05) is 31.2 Å². The molecule has 0 fully saturated rings. The van der Waals surface area contributed by atoms with E-state index in [0.717, 1.165) is 30.9 Å². The van der Waals surface area contributed by atoms with E-state index in [4.69, 9.17) is 4.74 Å². The van der Waals surface area contributed by atoms with Crippen LogP contribution >= 0.6 is 0 Å². The molecule has 0 aliphatic heterocycles. The number of esters is 1. The number of hydrogen-bond acceptors (Lipinski definition) is 4. The van der Waals surface area contributed by atoms with E-state index in [1.165, 1.54) is 7.11 Å². The van der Waals surface area contributed by atoms with Gasteiger partial charge in [-0.25, -0.2) is 0 Å². The second-order valence-electron chi connectivity index (χ2n) is 4.53. The summed E-state index contributed by atoms with van der Waals surface area (Å²) in [6, 6.07) is 7.76. The van der Waals surface area contributed by atoms with E-state index in [9.17, 15) is 4.79 Å². The van der Waals surface area contributed by atoms with Gasteiger partial charge >= 0.3 is 5.97 Å². The van der Waals surface area contributed by atoms with Crippen molar-refractivity contribution in [2.45, 2.75) is 26.7 Å². The number of carbonyl (C=O) groups is 1. The zero-order valence-electron chi connectivity index (χ0n) is 11.9. The van der Waals surface area contributed by atoms with Crippen LogP contribution < -0.4 is 10.1 Å². The average molecular weight is 265 g/mol. The summed E-state index contributed by atoms with van der Waals surface area (Å²) in [5, 5.41) is 3.20. The zero-order valence-corrected chi connectivity index (χ0v) is 11.9. The summed E-state index contributed by atoms with van der Waals surface area (Å²) >= 11 is 0. The summed E-state index contributed by atoms with van der Waals surface area (Å²) in [7, 11) is 1.40. The predicted octanol–water partition coefficient (Wildman–Crippen LogP) is 3.09. The van der Waals surface area contributed by atoms with Crippen LogP contribution in [0.25, 0.3) is 0 Å². The second-order valence-corrected chi connectivity index (χ2v) is 4.53. The van der Waals surface area contributed by atoms with Gasteiger partial charge in [-0.1, -0.05) is 20.3 Å². The van der Waals surface area contributed by atoms with Gasteiger partial charge in [-0.3, -0.25) is 4.79 Å². The van der Waals surface area contributed by atoms with Crippen molar-refractivity contribution in [3.05, 3.63) is 24.3 Å². The van der Waals surface area contributed by atoms with Crippen LogP contribution in [0, 0.1) is 5.92 Å². The quantitative estimate of drug-likeness (QED) is 0.579. The summed E-state index contributed by atoms with van der Waals surface area (Å²) in [5.74, 6) is 0.512. The van der Waals surface area contributed by atoms with E-state index in [0.29, 0.717) is 6.54 Å². The molecule has 4 heteroatoms. The van der Waals surface area contributed by atoms with Crippen molar-refractivity contribution >= 4 is 11.7 Å². The molecule has 106 valence electrons. The molecule has 4 nitrogen and oxygen atoms in total. The fraction of sp³-hybridized carbons (Fsp3) is 0.533. The van der Waals surface area contributed by atoms with E-state index in [-0.39, 0.29) is 11.9 Å². The van der Waals surface area contributed by atoms with Crippen LogP contribution in [0.2, 0.25) is 0 Å². The Balaban J connectivity index is 2.37. The Labute approximate surface area is 115 Å². The lowest BCUT2D eigenvalue weighted by atomic mass is 10.2. The highest BCUT2D eigenvalue weighted by atomic mass is 16.5. The van der Waals surface area contributed by atoms with Gasteiger partial charge in [0.1, 0.15) is 5.75 Å². The van der Waals surface area contributed by atoms with Crippen LogP contribution in [0.5, 0.6) is 5.75 Å². The molecule has 0 saturated carbocycles. The third-order valence-corrected chi connectivity index (χ3v) is 2.84. The van der Waals surface area contributed by atoms with Gasteiger partial charge in [0.25, 0.3) is 0 Å². The minimum absolute atomic E-state index is 0.162. The summed E-state index contributed by atoms with van der Waals surface area (Å²) in [6.07, 6.45) is 2.20. The highest BCUT2D eigenvalue weighted by Crippen LogP contribution is 2.16. The molecule has 1 N–H and O–H groups in total. The van der Waals surface area contributed by atoms with Crippen LogP contribution in [-0.4, -0.2) is 26.2 Å². The van der Waals surface area contributed by atoms with Crippen molar-refractivity contribution < 1.29 is 14.3 Å². The topological polar surface area (TPSA) is 47.6 Å². The number of carbonyl (C=O) groups excluding carboxylic acids is 1. The Morgan fingerprint density at radius 1 is 1.32 bits per heavy atom. The number of anilines is 1. The maximum Gasteiger partial charge on any atom is 0.310 e. The summed E-state index contributed by atoms with van der Waals surface area (Å²) in [6.45, 7) is 5.28. The normalized spacial score (nSPS) is 11.7. The van der Waals surface area contributed by atoms with E-state index in [2.05, 4.69) is 17.0 Å². The fourth-order valence-electron chi connectivity index (χ4n) is 1.56. The molecule has 0 bridgehead atoms. The van der Waals surface area contributed by atoms with Crippen LogP contribution in [0.1, 0.15) is 26.7 Å². The van der Waals surface area contributed by atoms with Crippen molar-refractivity contribution in [1.82, 2.24) is 0 Å². The van der Waals surface area contributed by atoms with Gasteiger partial charge in [-0.15, -0.1) is 0 Å². The molecule has 1 aromatic rings. The Morgan fingerprint density at radius 2 is 2.00 bits per heavy atom. The molecule has 0 radical (unpaired) electrons. The van der Waals surface area contributed by atoms with Crippen molar-refractivity contribution in [1.29, 1.82) is 0 Å². The SMILES string of the molecule is CCCCOc1ccc(NCC(C)C(=O)OC)cc1. The monoisotopic (exact) mass is 265 g/mol. The van der Waals surface area contributed by atoms with Crippen LogP contribution in [0.3, 0.4) is 0 Å². The largest absolute Gasteiger partial charge is 0.494 e. The first-order chi connectivity index (χ1) is 9.17. The third-order valence-electron chi connectivity index (χ3n) is 2.84. The van der Waals surface area contributed by atoms with Crippen molar-refractivity contribution in [2.75, 3.05) is 25.6 Å². The minimum Gasteiger partial charge on any atom is -0.494 e. The number of nitrogens with one attached hydrogen (secondary N) is 1. The van der Waals surface area contributed by atoms with Crippen molar-refractivity contribution in [2.24, 2.45) is 5.92 Å². The summed E-state index contributed by atoms with van der Waals surface area (Å²) < 4.78 is 10.3. The van der Waals surface area contributed by atoms with Crippen LogP contribution in [-0.2, 0) is 9.53 Å². The minimum atomic E-state index is -0.202. The molecule has 0 amide bonds. The molecule has 0 heterocycles. The first kappa shape index (κ1) is 15.3. The molecule has 1 aromatic carbocycles. The molecule has 1 unspecified atom stereocenters. The van der Waals surface area contributed by atoms with Gasteiger partial charge in [0.2, 0.25) is 0 Å². The molecule has 0 aliphatic rings. The number of ether oxygens (including phenoxy) is 2. The molecule has 1 rings (SSSR count). The van der Waals surface area contributed by atoms with Crippen molar-refractivity contribution in [3.63, 3.8) is 0 Å². The first-order valence-electron chi connectivity index (χ1n) is 6.72. The number of methoxy groups -OCH3 is 1. The number of benzene rings is 1. The third kappa shape index (κ3) is 5.64. The standard InChI is InChI=1S/C15H23NO3/c1-4-5-10-19-14-8-6-13(7-9-14)16-11-12(2)15(17)18-3/h6-9,12,16H,4-5,10-11H2,1-3H3. The molecular weight excluding hydrogens is 242 g/mol. The van der Waals surface area contributed by atoms with Gasteiger partial charge in [-0.05, 0) is 30.7 Å². The molecular formula is C15H23NO3. The molecule has 19 heavy (non-hydrogen) atoms. The predicted molar refractivity (Wildman–Crippen MR) is 76.5 cm³/mol. The maximum absolute atomic E-state index is 11.3. The maximum atomic E-state index is 11.3. The van der Waals surface area contributed by atoms with Crippen molar-refractivity contribution in [3.8, 4) is 5.75 Å². The van der Waals surface area contributed by atoms with Gasteiger partial charge in [0.05, 0.1) is 19.6 Å². The fourth-order valence-corrected chi connectivity index (χ4v) is 1.56. The molecule has 0 saturated heterocycles.